The molecule has 0 saturated heterocycles. The Morgan fingerprint density at radius 3 is 2.50 bits per heavy atom. The van der Waals surface area contributed by atoms with Crippen LogP contribution in [0.2, 0.25) is 0 Å². The molecule has 1 aromatic carbocycles. The molecule has 0 saturated carbocycles. The van der Waals surface area contributed by atoms with Crippen molar-refractivity contribution in [2.24, 2.45) is 0 Å². The first kappa shape index (κ1) is 14.5. The van der Waals surface area contributed by atoms with E-state index in [1.54, 1.807) is 0 Å². The van der Waals surface area contributed by atoms with E-state index in [0.29, 0.717) is 19.4 Å². The third-order valence-corrected chi connectivity index (χ3v) is 2.54. The molecule has 0 spiro atoms. The average Bonchev–Trinajstić information content (AvgIpc) is 2.37. The van der Waals surface area contributed by atoms with Crippen molar-refractivity contribution < 1.29 is 9.90 Å². The number of hydrogen-bond acceptors (Lipinski definition) is 4. The first-order valence-corrected chi connectivity index (χ1v) is 6.02. The zero-order valence-electron chi connectivity index (χ0n) is 10.9. The van der Waals surface area contributed by atoms with E-state index < -0.39 is 0 Å². The Balaban J connectivity index is 2.29. The highest BCUT2D eigenvalue weighted by Crippen LogP contribution is 2.11. The van der Waals surface area contributed by atoms with Gasteiger partial charge in [-0.3, -0.25) is 10.2 Å². The van der Waals surface area contributed by atoms with E-state index in [4.69, 9.17) is 5.11 Å². The number of aliphatic hydroxyl groups is 1. The van der Waals surface area contributed by atoms with E-state index in [1.165, 1.54) is 0 Å². The highest BCUT2D eigenvalue weighted by molar-refractivity contribution is 5.75. The lowest BCUT2D eigenvalue weighted by Crippen LogP contribution is -2.36. The second kappa shape index (κ2) is 7.68. The second-order valence-electron chi connectivity index (χ2n) is 4.29. The number of hydrazine groups is 1. The van der Waals surface area contributed by atoms with E-state index in [9.17, 15) is 4.79 Å². The second-order valence-corrected chi connectivity index (χ2v) is 4.29. The van der Waals surface area contributed by atoms with Gasteiger partial charge in [0.2, 0.25) is 5.91 Å². The fraction of sp³-hybridized carbons (Fsp3) is 0.462. The fourth-order valence-electron chi connectivity index (χ4n) is 1.46. The summed E-state index contributed by atoms with van der Waals surface area (Å²) < 4.78 is 0. The molecule has 1 amide bonds. The molecule has 0 aliphatic carbocycles. The minimum atomic E-state index is -0.103. The number of amides is 1. The van der Waals surface area contributed by atoms with E-state index in [-0.39, 0.29) is 12.5 Å². The van der Waals surface area contributed by atoms with Gasteiger partial charge >= 0.3 is 0 Å². The number of nitrogens with zero attached hydrogens (tertiary/aromatic N) is 1. The minimum absolute atomic E-state index is 0.0411. The van der Waals surface area contributed by atoms with Crippen molar-refractivity contribution in [3.63, 3.8) is 0 Å². The maximum Gasteiger partial charge on any atom is 0.234 e. The lowest BCUT2D eigenvalue weighted by atomic mass is 10.2. The van der Waals surface area contributed by atoms with Crippen molar-refractivity contribution in [1.82, 2.24) is 10.9 Å². The molecule has 0 fully saturated rings. The molecule has 18 heavy (non-hydrogen) atoms. The third-order valence-electron chi connectivity index (χ3n) is 2.54. The monoisotopic (exact) mass is 251 g/mol. The van der Waals surface area contributed by atoms with Crippen LogP contribution in [0, 0.1) is 0 Å². The molecule has 0 radical (unpaired) electrons. The molecule has 3 N–H and O–H groups in total. The molecule has 100 valence electrons. The Bertz CT molecular complexity index is 363. The molecule has 1 rings (SSSR count). The van der Waals surface area contributed by atoms with Crippen LogP contribution in [0.15, 0.2) is 24.3 Å². The van der Waals surface area contributed by atoms with Crippen LogP contribution in [0.1, 0.15) is 18.4 Å². The van der Waals surface area contributed by atoms with E-state index in [2.05, 4.69) is 10.9 Å². The Morgan fingerprint density at radius 1 is 1.28 bits per heavy atom. The molecule has 0 unspecified atom stereocenters. The SMILES string of the molecule is CN(C)c1ccc(CNNC(=O)CCCO)cc1. The topological polar surface area (TPSA) is 64.6 Å². The van der Waals surface area contributed by atoms with Crippen molar-refractivity contribution in [3.8, 4) is 0 Å². The van der Waals surface area contributed by atoms with Crippen molar-refractivity contribution in [2.45, 2.75) is 19.4 Å². The number of rotatable bonds is 7. The summed E-state index contributed by atoms with van der Waals surface area (Å²) in [6.07, 6.45) is 0.827. The van der Waals surface area contributed by atoms with Crippen LogP contribution in [-0.4, -0.2) is 31.7 Å². The number of benzene rings is 1. The summed E-state index contributed by atoms with van der Waals surface area (Å²) in [6, 6.07) is 8.10. The van der Waals surface area contributed by atoms with Gasteiger partial charge in [-0.25, -0.2) is 5.43 Å². The summed E-state index contributed by atoms with van der Waals surface area (Å²) >= 11 is 0. The number of aliphatic hydroxyl groups excluding tert-OH is 1. The maximum absolute atomic E-state index is 11.2. The maximum atomic E-state index is 11.2. The quantitative estimate of drug-likeness (QED) is 0.622. The number of hydrogen-bond donors (Lipinski definition) is 3. The third kappa shape index (κ3) is 5.16. The van der Waals surface area contributed by atoms with Crippen molar-refractivity contribution in [3.05, 3.63) is 29.8 Å². The van der Waals surface area contributed by atoms with Crippen molar-refractivity contribution in [1.29, 1.82) is 0 Å². The lowest BCUT2D eigenvalue weighted by molar-refractivity contribution is -0.122. The van der Waals surface area contributed by atoms with E-state index in [0.717, 1.165) is 11.3 Å². The molecule has 1 aromatic rings. The van der Waals surface area contributed by atoms with Gasteiger partial charge in [-0.05, 0) is 24.1 Å². The van der Waals surface area contributed by atoms with Gasteiger partial charge in [0.25, 0.3) is 0 Å². The van der Waals surface area contributed by atoms with Crippen LogP contribution in [0.3, 0.4) is 0 Å². The smallest absolute Gasteiger partial charge is 0.234 e. The first-order valence-electron chi connectivity index (χ1n) is 6.02. The normalized spacial score (nSPS) is 10.2. The van der Waals surface area contributed by atoms with Gasteiger partial charge in [-0.1, -0.05) is 12.1 Å². The molecular weight excluding hydrogens is 230 g/mol. The highest BCUT2D eigenvalue weighted by atomic mass is 16.3. The van der Waals surface area contributed by atoms with E-state index in [1.807, 2.05) is 43.3 Å². The lowest BCUT2D eigenvalue weighted by Gasteiger charge is -2.13. The molecule has 0 aliphatic rings. The van der Waals surface area contributed by atoms with Gasteiger partial charge in [-0.15, -0.1) is 0 Å². The predicted molar refractivity (Wildman–Crippen MR) is 72.1 cm³/mol. The largest absolute Gasteiger partial charge is 0.396 e. The van der Waals surface area contributed by atoms with Gasteiger partial charge in [-0.2, -0.15) is 0 Å². The molecule has 0 bridgehead atoms. The Labute approximate surface area is 108 Å². The van der Waals surface area contributed by atoms with Gasteiger partial charge < -0.3 is 10.0 Å². The Kier molecular flexibility index (Phi) is 6.18. The van der Waals surface area contributed by atoms with Gasteiger partial charge in [0.05, 0.1) is 0 Å². The zero-order chi connectivity index (χ0) is 13.4. The summed E-state index contributed by atoms with van der Waals surface area (Å²) in [7, 11) is 3.99. The summed E-state index contributed by atoms with van der Waals surface area (Å²) in [5.41, 5.74) is 7.70. The standard InChI is InChI=1S/C13H21N3O2/c1-16(2)12-7-5-11(6-8-12)10-14-15-13(18)4-3-9-17/h5-8,14,17H,3-4,9-10H2,1-2H3,(H,15,18). The summed E-state index contributed by atoms with van der Waals surface area (Å²) in [5.74, 6) is -0.103. The van der Waals surface area contributed by atoms with Crippen LogP contribution in [-0.2, 0) is 11.3 Å². The van der Waals surface area contributed by atoms with Crippen LogP contribution >= 0.6 is 0 Å². The number of carbonyl (C=O) groups excluding carboxylic acids is 1. The summed E-state index contributed by atoms with van der Waals surface area (Å²) in [6.45, 7) is 0.623. The highest BCUT2D eigenvalue weighted by Gasteiger charge is 2.00. The number of carbonyl (C=O) groups is 1. The molecular formula is C13H21N3O2. The Morgan fingerprint density at radius 2 is 1.94 bits per heavy atom. The Hall–Kier alpha value is -1.59. The fourth-order valence-corrected chi connectivity index (χ4v) is 1.46. The molecule has 0 heterocycles. The van der Waals surface area contributed by atoms with Crippen molar-refractivity contribution in [2.75, 3.05) is 25.6 Å². The van der Waals surface area contributed by atoms with Crippen LogP contribution in [0.5, 0.6) is 0 Å². The summed E-state index contributed by atoms with van der Waals surface area (Å²) in [4.78, 5) is 13.3. The van der Waals surface area contributed by atoms with Gasteiger partial charge in [0, 0.05) is 39.4 Å². The molecule has 5 nitrogen and oxygen atoms in total. The number of anilines is 1. The van der Waals surface area contributed by atoms with Crippen LogP contribution in [0.25, 0.3) is 0 Å². The van der Waals surface area contributed by atoms with Crippen LogP contribution in [0.4, 0.5) is 5.69 Å². The molecule has 0 aromatic heterocycles. The van der Waals surface area contributed by atoms with Gasteiger partial charge in [0.1, 0.15) is 0 Å². The predicted octanol–water partition coefficient (Wildman–Crippen LogP) is 0.646. The minimum Gasteiger partial charge on any atom is -0.396 e. The van der Waals surface area contributed by atoms with Gasteiger partial charge in [0.15, 0.2) is 0 Å². The molecule has 5 heteroatoms. The van der Waals surface area contributed by atoms with E-state index >= 15 is 0 Å². The average molecular weight is 251 g/mol. The zero-order valence-corrected chi connectivity index (χ0v) is 10.9. The van der Waals surface area contributed by atoms with Crippen LogP contribution < -0.4 is 15.8 Å². The molecule has 0 aliphatic heterocycles. The summed E-state index contributed by atoms with van der Waals surface area (Å²) in [5, 5.41) is 8.58. The number of nitrogens with one attached hydrogen (secondary N) is 2. The first-order chi connectivity index (χ1) is 8.63. The van der Waals surface area contributed by atoms with Crippen molar-refractivity contribution >= 4 is 11.6 Å². The molecule has 0 atom stereocenters.